The fourth-order valence-electron chi connectivity index (χ4n) is 6.34. The Bertz CT molecular complexity index is 2440. The zero-order valence-electron chi connectivity index (χ0n) is 23.7. The Kier molecular flexibility index (Phi) is 6.00. The third kappa shape index (κ3) is 4.20. The Morgan fingerprint density at radius 1 is 0.500 bits per heavy atom. The van der Waals surface area contributed by atoms with Crippen LogP contribution in [-0.2, 0) is 0 Å². The molecule has 3 nitrogen and oxygen atoms in total. The molecule has 1 aliphatic rings. The van der Waals surface area contributed by atoms with Gasteiger partial charge in [-0.15, -0.1) is 22.7 Å². The normalized spacial score (nSPS) is 13.0. The number of hydrogen-bond acceptors (Lipinski definition) is 5. The maximum Gasteiger partial charge on any atom is 0.164 e. The average Bonchev–Trinajstić information content (AvgIpc) is 3.67. The second kappa shape index (κ2) is 10.3. The minimum atomic E-state index is 0.679. The van der Waals surface area contributed by atoms with E-state index in [1.807, 2.05) is 59.1 Å². The van der Waals surface area contributed by atoms with Gasteiger partial charge >= 0.3 is 0 Å². The summed E-state index contributed by atoms with van der Waals surface area (Å²) in [6, 6.07) is 42.6. The van der Waals surface area contributed by atoms with E-state index in [1.54, 1.807) is 0 Å². The molecule has 0 amide bonds. The molecule has 44 heavy (non-hydrogen) atoms. The summed E-state index contributed by atoms with van der Waals surface area (Å²) in [5, 5.41) is 5.26. The van der Waals surface area contributed by atoms with Gasteiger partial charge in [0.2, 0.25) is 0 Å². The third-order valence-electron chi connectivity index (χ3n) is 8.41. The highest BCUT2D eigenvalue weighted by Crippen LogP contribution is 2.42. The van der Waals surface area contributed by atoms with E-state index < -0.39 is 0 Å². The highest BCUT2D eigenvalue weighted by molar-refractivity contribution is 7.26. The average molecular weight is 600 g/mol. The van der Waals surface area contributed by atoms with Gasteiger partial charge in [-0.25, -0.2) is 15.0 Å². The molecule has 8 aromatic rings. The Labute approximate surface area is 262 Å². The van der Waals surface area contributed by atoms with E-state index in [0.29, 0.717) is 17.5 Å². The monoisotopic (exact) mass is 599 g/mol. The van der Waals surface area contributed by atoms with Gasteiger partial charge in [0.05, 0.1) is 0 Å². The molecule has 0 atom stereocenters. The first-order valence-corrected chi connectivity index (χ1v) is 16.5. The fourth-order valence-corrected chi connectivity index (χ4v) is 8.86. The van der Waals surface area contributed by atoms with Crippen LogP contribution in [0.1, 0.15) is 18.4 Å². The summed E-state index contributed by atoms with van der Waals surface area (Å²) in [6.07, 6.45) is 4.46. The van der Waals surface area contributed by atoms with Gasteiger partial charge in [0, 0.05) is 46.1 Å². The van der Waals surface area contributed by atoms with Gasteiger partial charge in [0.1, 0.15) is 0 Å². The van der Waals surface area contributed by atoms with E-state index in [9.17, 15) is 0 Å². The highest BCUT2D eigenvalue weighted by atomic mass is 32.1. The van der Waals surface area contributed by atoms with Crippen molar-refractivity contribution in [2.24, 2.45) is 0 Å². The Morgan fingerprint density at radius 2 is 1.07 bits per heavy atom. The van der Waals surface area contributed by atoms with Gasteiger partial charge in [-0.1, -0.05) is 103 Å². The van der Waals surface area contributed by atoms with Gasteiger partial charge in [-0.05, 0) is 58.8 Å². The molecule has 0 fully saturated rings. The van der Waals surface area contributed by atoms with Crippen LogP contribution < -0.4 is 9.75 Å². The molecule has 5 aromatic carbocycles. The van der Waals surface area contributed by atoms with E-state index in [1.165, 1.54) is 51.1 Å². The predicted octanol–water partition coefficient (Wildman–Crippen LogP) is 9.23. The van der Waals surface area contributed by atoms with Gasteiger partial charge in [0.15, 0.2) is 17.5 Å². The number of aromatic nitrogens is 3. The van der Waals surface area contributed by atoms with Crippen molar-refractivity contribution in [2.75, 3.05) is 0 Å². The molecule has 0 bridgehead atoms. The summed E-state index contributed by atoms with van der Waals surface area (Å²) in [6.45, 7) is 0. The summed E-state index contributed by atoms with van der Waals surface area (Å²) in [5.41, 5.74) is 5.67. The van der Waals surface area contributed by atoms with Crippen molar-refractivity contribution < 1.29 is 0 Å². The van der Waals surface area contributed by atoms with Crippen molar-refractivity contribution in [3.05, 3.63) is 137 Å². The Balaban J connectivity index is 1.37. The third-order valence-corrected chi connectivity index (χ3v) is 10.9. The molecular formula is C39H25N3S2. The summed E-state index contributed by atoms with van der Waals surface area (Å²) < 4.78 is 5.36. The zero-order valence-corrected chi connectivity index (χ0v) is 25.3. The Hall–Kier alpha value is -4.97. The number of benzene rings is 5. The number of rotatable bonds is 4. The van der Waals surface area contributed by atoms with Crippen LogP contribution in [0.3, 0.4) is 0 Å². The van der Waals surface area contributed by atoms with Gasteiger partial charge in [-0.3, -0.25) is 0 Å². The van der Waals surface area contributed by atoms with Crippen molar-refractivity contribution in [1.82, 2.24) is 15.0 Å². The lowest BCUT2D eigenvalue weighted by atomic mass is 9.93. The molecule has 1 aliphatic carbocycles. The number of nitrogens with zero attached hydrogens (tertiary/aromatic N) is 3. The molecule has 0 saturated carbocycles. The van der Waals surface area contributed by atoms with Crippen molar-refractivity contribution in [2.45, 2.75) is 12.8 Å². The molecule has 0 saturated heterocycles. The topological polar surface area (TPSA) is 38.7 Å². The summed E-state index contributed by atoms with van der Waals surface area (Å²) in [4.78, 5) is 15.1. The van der Waals surface area contributed by atoms with Crippen LogP contribution in [0.25, 0.3) is 76.1 Å². The van der Waals surface area contributed by atoms with E-state index >= 15 is 0 Å². The largest absolute Gasteiger partial charge is 0.208 e. The van der Waals surface area contributed by atoms with E-state index in [4.69, 9.17) is 15.0 Å². The molecule has 0 spiro atoms. The van der Waals surface area contributed by atoms with Crippen LogP contribution in [0.15, 0.2) is 121 Å². The second-order valence-electron chi connectivity index (χ2n) is 11.1. The molecule has 3 heterocycles. The first-order valence-electron chi connectivity index (χ1n) is 14.8. The van der Waals surface area contributed by atoms with Crippen molar-refractivity contribution in [3.8, 4) is 34.2 Å². The maximum atomic E-state index is 5.10. The fraction of sp³-hybridized carbons (Fsp3) is 0.0513. The molecule has 5 heteroatoms. The SMILES string of the molecule is C1=c2c(sc3ccccc23)=C(c2cc(-c3nc(-c4ccccc4)nc(-c4ccccc4)n3)cc3c2sc2ccccc23)CC1. The maximum absolute atomic E-state index is 5.10. The predicted molar refractivity (Wildman–Crippen MR) is 186 cm³/mol. The molecule has 208 valence electrons. The molecule has 0 N–H and O–H groups in total. The molecule has 3 aromatic heterocycles. The van der Waals surface area contributed by atoms with Crippen molar-refractivity contribution >= 4 is 64.6 Å². The van der Waals surface area contributed by atoms with E-state index in [-0.39, 0.29) is 0 Å². The number of fused-ring (bicyclic) bond motifs is 6. The second-order valence-corrected chi connectivity index (χ2v) is 13.2. The first kappa shape index (κ1) is 25.5. The summed E-state index contributed by atoms with van der Waals surface area (Å²) in [7, 11) is 0. The van der Waals surface area contributed by atoms with E-state index in [0.717, 1.165) is 29.5 Å². The number of thiophene rings is 2. The lowest BCUT2D eigenvalue weighted by Gasteiger charge is -2.14. The van der Waals surface area contributed by atoms with Crippen LogP contribution in [0.4, 0.5) is 0 Å². The van der Waals surface area contributed by atoms with Crippen LogP contribution in [0, 0.1) is 0 Å². The van der Waals surface area contributed by atoms with Crippen molar-refractivity contribution in [3.63, 3.8) is 0 Å². The van der Waals surface area contributed by atoms with Gasteiger partial charge < -0.3 is 0 Å². The minimum absolute atomic E-state index is 0.679. The Morgan fingerprint density at radius 3 is 1.75 bits per heavy atom. The van der Waals surface area contributed by atoms with Gasteiger partial charge in [-0.2, -0.15) is 0 Å². The van der Waals surface area contributed by atoms with Crippen LogP contribution in [0.5, 0.6) is 0 Å². The van der Waals surface area contributed by atoms with Crippen LogP contribution in [-0.4, -0.2) is 15.0 Å². The standard InChI is InChI=1S/C39H25N3S2/c1-3-12-24(13-4-1)37-40-38(25-14-5-2-6-15-25)42-39(41-37)26-22-31-28-17-8-10-21-34(28)44-36(31)32(23-26)30-19-11-18-29-27-16-7-9-20-33(27)43-35(29)30/h1-10,12-18,20-23H,11,19H2. The lowest BCUT2D eigenvalue weighted by Crippen LogP contribution is -2.25. The minimum Gasteiger partial charge on any atom is -0.208 e. The summed E-state index contributed by atoms with van der Waals surface area (Å²) in [5.74, 6) is 2.05. The summed E-state index contributed by atoms with van der Waals surface area (Å²) >= 11 is 3.80. The molecular weight excluding hydrogens is 575 g/mol. The van der Waals surface area contributed by atoms with E-state index in [2.05, 4.69) is 91.0 Å². The smallest absolute Gasteiger partial charge is 0.164 e. The first-order chi connectivity index (χ1) is 21.8. The molecule has 9 rings (SSSR count). The molecule has 0 unspecified atom stereocenters. The molecule has 0 radical (unpaired) electrons. The van der Waals surface area contributed by atoms with Crippen LogP contribution >= 0.6 is 22.7 Å². The van der Waals surface area contributed by atoms with Gasteiger partial charge in [0.25, 0.3) is 0 Å². The number of hydrogen-bond donors (Lipinski definition) is 0. The quantitative estimate of drug-likeness (QED) is 0.202. The van der Waals surface area contributed by atoms with Crippen molar-refractivity contribution in [1.29, 1.82) is 0 Å². The zero-order chi connectivity index (χ0) is 29.0. The lowest BCUT2D eigenvalue weighted by molar-refractivity contribution is 1.07. The van der Waals surface area contributed by atoms with Crippen LogP contribution in [0.2, 0.25) is 0 Å². The molecule has 0 aliphatic heterocycles. The highest BCUT2D eigenvalue weighted by Gasteiger charge is 2.20.